The van der Waals surface area contributed by atoms with Gasteiger partial charge in [-0.3, -0.25) is 15.1 Å². The molecule has 0 spiro atoms. The average Bonchev–Trinajstić information content (AvgIpc) is 3.17. The van der Waals surface area contributed by atoms with Crippen molar-refractivity contribution in [2.75, 3.05) is 0 Å². The van der Waals surface area contributed by atoms with E-state index >= 15 is 0 Å². The molecule has 150 valence electrons. The summed E-state index contributed by atoms with van der Waals surface area (Å²) in [6, 6.07) is 20.9. The number of nitro benzene ring substituents is 1. The molecule has 2 heterocycles. The van der Waals surface area contributed by atoms with Gasteiger partial charge in [-0.15, -0.1) is 11.3 Å². The Balaban J connectivity index is 1.67. The number of pyridine rings is 1. The van der Waals surface area contributed by atoms with Crippen molar-refractivity contribution in [3.8, 4) is 11.3 Å². The molecule has 0 unspecified atom stereocenters. The molecule has 6 nitrogen and oxygen atoms in total. The second-order valence-electron chi connectivity index (χ2n) is 6.77. The molecule has 2 aromatic carbocycles. The first-order valence-electron chi connectivity index (χ1n) is 9.62. The summed E-state index contributed by atoms with van der Waals surface area (Å²) in [6.07, 6.45) is 5.39. The molecule has 0 amide bonds. The lowest BCUT2D eigenvalue weighted by molar-refractivity contribution is -0.384. The number of thiazole rings is 1. The molecule has 0 saturated carbocycles. The van der Waals surface area contributed by atoms with Gasteiger partial charge in [0.25, 0.3) is 5.69 Å². The number of non-ortho nitro benzene ring substituents is 1. The lowest BCUT2D eigenvalue weighted by Gasteiger charge is -2.09. The van der Waals surface area contributed by atoms with Gasteiger partial charge in [0.2, 0.25) is 0 Å². The van der Waals surface area contributed by atoms with Gasteiger partial charge in [0.1, 0.15) is 0 Å². The fraction of sp³-hybridized carbons (Fsp3) is 0.130. The number of rotatable bonds is 7. The molecule has 0 aliphatic heterocycles. The van der Waals surface area contributed by atoms with E-state index in [1.807, 2.05) is 18.2 Å². The molecule has 0 aliphatic carbocycles. The van der Waals surface area contributed by atoms with Crippen LogP contribution in [0.2, 0.25) is 0 Å². The van der Waals surface area contributed by atoms with Crippen molar-refractivity contribution < 1.29 is 4.92 Å². The van der Waals surface area contributed by atoms with Gasteiger partial charge in [0, 0.05) is 30.3 Å². The Kier molecular flexibility index (Phi) is 6.10. The van der Waals surface area contributed by atoms with Crippen LogP contribution in [0.5, 0.6) is 0 Å². The zero-order chi connectivity index (χ0) is 20.8. The normalized spacial score (nSPS) is 11.5. The van der Waals surface area contributed by atoms with E-state index in [2.05, 4.69) is 39.2 Å². The van der Waals surface area contributed by atoms with Crippen molar-refractivity contribution in [2.45, 2.75) is 19.4 Å². The van der Waals surface area contributed by atoms with Crippen molar-refractivity contribution in [1.82, 2.24) is 9.55 Å². The van der Waals surface area contributed by atoms with E-state index in [9.17, 15) is 10.1 Å². The van der Waals surface area contributed by atoms with Crippen LogP contribution >= 0.6 is 11.3 Å². The van der Waals surface area contributed by atoms with Crippen LogP contribution in [0, 0.1) is 10.1 Å². The Morgan fingerprint density at radius 3 is 2.53 bits per heavy atom. The van der Waals surface area contributed by atoms with Crippen LogP contribution in [-0.4, -0.2) is 14.5 Å². The number of hydrogen-bond donors (Lipinski definition) is 0. The number of aromatic nitrogens is 2. The predicted octanol–water partition coefficient (Wildman–Crippen LogP) is 5.39. The van der Waals surface area contributed by atoms with Crippen LogP contribution in [0.15, 0.2) is 89.5 Å². The Bertz CT molecular complexity index is 1180. The number of hydrogen-bond acceptors (Lipinski definition) is 5. The molecule has 0 saturated heterocycles. The highest BCUT2D eigenvalue weighted by atomic mass is 32.1. The summed E-state index contributed by atoms with van der Waals surface area (Å²) >= 11 is 1.56. The third kappa shape index (κ3) is 4.69. The molecular formula is C23H20N4O2S. The summed E-state index contributed by atoms with van der Waals surface area (Å²) in [5.74, 6) is 0. The van der Waals surface area contributed by atoms with Gasteiger partial charge in [-0.25, -0.2) is 4.99 Å². The van der Waals surface area contributed by atoms with Gasteiger partial charge in [-0.1, -0.05) is 30.3 Å². The molecule has 0 radical (unpaired) electrons. The quantitative estimate of drug-likeness (QED) is 0.300. The van der Waals surface area contributed by atoms with Crippen LogP contribution in [0.4, 0.5) is 11.4 Å². The highest BCUT2D eigenvalue weighted by molar-refractivity contribution is 7.07. The minimum Gasteiger partial charge on any atom is -0.316 e. The van der Waals surface area contributed by atoms with Gasteiger partial charge < -0.3 is 4.57 Å². The molecule has 4 aromatic rings. The van der Waals surface area contributed by atoms with E-state index in [0.717, 1.165) is 41.1 Å². The molecule has 4 rings (SSSR count). The zero-order valence-corrected chi connectivity index (χ0v) is 17.0. The van der Waals surface area contributed by atoms with Crippen molar-refractivity contribution in [3.63, 3.8) is 0 Å². The molecule has 0 atom stereocenters. The van der Waals surface area contributed by atoms with E-state index in [1.165, 1.54) is 5.56 Å². The van der Waals surface area contributed by atoms with Crippen LogP contribution in [0.3, 0.4) is 0 Å². The number of nitrogens with zero attached hydrogens (tertiary/aromatic N) is 4. The maximum atomic E-state index is 11.0. The smallest absolute Gasteiger partial charge is 0.269 e. The van der Waals surface area contributed by atoms with Gasteiger partial charge in [0.15, 0.2) is 4.80 Å². The van der Waals surface area contributed by atoms with Gasteiger partial charge in [-0.05, 0) is 48.2 Å². The van der Waals surface area contributed by atoms with Crippen molar-refractivity contribution in [3.05, 3.63) is 105 Å². The highest BCUT2D eigenvalue weighted by Gasteiger charge is 2.11. The highest BCUT2D eigenvalue weighted by Crippen LogP contribution is 2.24. The standard InChI is InChI=1S/C23H20N4O2S/c28-27(29)21-12-10-19(11-13-21)22-17-30-23(25-20-9-4-14-24-16-20)26(22)15-5-8-18-6-2-1-3-7-18/h1-4,6-7,9-14,16-17H,5,8,15H2. The third-order valence-electron chi connectivity index (χ3n) is 4.73. The Labute approximate surface area is 178 Å². The van der Waals surface area contributed by atoms with Gasteiger partial charge in [0.05, 0.1) is 22.5 Å². The fourth-order valence-electron chi connectivity index (χ4n) is 3.24. The lowest BCUT2D eigenvalue weighted by Crippen LogP contribution is -2.16. The van der Waals surface area contributed by atoms with E-state index in [1.54, 1.807) is 48.0 Å². The van der Waals surface area contributed by atoms with Crippen LogP contribution in [0.1, 0.15) is 12.0 Å². The van der Waals surface area contributed by atoms with E-state index in [4.69, 9.17) is 4.99 Å². The summed E-state index contributed by atoms with van der Waals surface area (Å²) in [4.78, 5) is 20.4. The second kappa shape index (κ2) is 9.28. The van der Waals surface area contributed by atoms with Crippen molar-refractivity contribution in [1.29, 1.82) is 0 Å². The summed E-state index contributed by atoms with van der Waals surface area (Å²) < 4.78 is 2.18. The molecule has 0 fully saturated rings. The maximum Gasteiger partial charge on any atom is 0.269 e. The summed E-state index contributed by atoms with van der Waals surface area (Å²) in [6.45, 7) is 0.795. The fourth-order valence-corrected chi connectivity index (χ4v) is 4.19. The minimum absolute atomic E-state index is 0.0879. The predicted molar refractivity (Wildman–Crippen MR) is 119 cm³/mol. The summed E-state index contributed by atoms with van der Waals surface area (Å²) in [7, 11) is 0. The van der Waals surface area contributed by atoms with Crippen LogP contribution in [-0.2, 0) is 13.0 Å². The molecule has 0 aliphatic rings. The molecule has 30 heavy (non-hydrogen) atoms. The van der Waals surface area contributed by atoms with E-state index in [-0.39, 0.29) is 10.6 Å². The Morgan fingerprint density at radius 2 is 1.83 bits per heavy atom. The Morgan fingerprint density at radius 1 is 1.03 bits per heavy atom. The topological polar surface area (TPSA) is 73.3 Å². The van der Waals surface area contributed by atoms with Crippen LogP contribution in [0.25, 0.3) is 11.3 Å². The molecule has 2 aromatic heterocycles. The van der Waals surface area contributed by atoms with Gasteiger partial charge >= 0.3 is 0 Å². The van der Waals surface area contributed by atoms with E-state index in [0.29, 0.717) is 0 Å². The number of benzene rings is 2. The Hall–Kier alpha value is -3.58. The zero-order valence-electron chi connectivity index (χ0n) is 16.2. The first-order chi connectivity index (χ1) is 14.7. The lowest BCUT2D eigenvalue weighted by atomic mass is 10.1. The average molecular weight is 417 g/mol. The number of nitro groups is 1. The SMILES string of the molecule is O=[N+]([O-])c1ccc(-c2csc(=Nc3cccnc3)n2CCCc2ccccc2)cc1. The largest absolute Gasteiger partial charge is 0.316 e. The van der Waals surface area contributed by atoms with Crippen molar-refractivity contribution in [2.24, 2.45) is 4.99 Å². The maximum absolute atomic E-state index is 11.0. The van der Waals surface area contributed by atoms with Crippen molar-refractivity contribution >= 4 is 22.7 Å². The second-order valence-corrected chi connectivity index (χ2v) is 7.61. The molecular weight excluding hydrogens is 396 g/mol. The summed E-state index contributed by atoms with van der Waals surface area (Å²) in [5.41, 5.74) is 4.13. The first kappa shape index (κ1) is 19.7. The van der Waals surface area contributed by atoms with Gasteiger partial charge in [-0.2, -0.15) is 0 Å². The summed E-state index contributed by atoms with van der Waals surface area (Å²) in [5, 5.41) is 13.0. The van der Waals surface area contributed by atoms with Crippen LogP contribution < -0.4 is 4.80 Å². The first-order valence-corrected chi connectivity index (χ1v) is 10.5. The monoisotopic (exact) mass is 416 g/mol. The third-order valence-corrected chi connectivity index (χ3v) is 5.60. The number of aryl methyl sites for hydroxylation is 1. The van der Waals surface area contributed by atoms with E-state index < -0.39 is 0 Å². The molecule has 0 bridgehead atoms. The molecule has 7 heteroatoms. The minimum atomic E-state index is -0.380. The molecule has 0 N–H and O–H groups in total.